The number of carbonyl (C=O) groups is 1. The molecule has 110 valence electrons. The molecule has 1 aliphatic carbocycles. The molecule has 0 bridgehead atoms. The van der Waals surface area contributed by atoms with Gasteiger partial charge in [0.15, 0.2) is 0 Å². The smallest absolute Gasteiger partial charge is 0.337 e. The number of amides is 2. The minimum Gasteiger partial charge on any atom is -0.337 e. The zero-order valence-corrected chi connectivity index (χ0v) is 10.8. The predicted octanol–water partition coefficient (Wildman–Crippen LogP) is 2.58. The number of benzene rings is 1. The molecule has 0 radical (unpaired) electrons. The van der Waals surface area contributed by atoms with Crippen LogP contribution in [-0.4, -0.2) is 25.2 Å². The Labute approximate surface area is 114 Å². The van der Waals surface area contributed by atoms with Crippen molar-refractivity contribution < 1.29 is 18.0 Å². The van der Waals surface area contributed by atoms with E-state index in [1.807, 2.05) is 0 Å². The van der Waals surface area contributed by atoms with Crippen molar-refractivity contribution in [3.05, 3.63) is 29.8 Å². The van der Waals surface area contributed by atoms with Gasteiger partial charge in [-0.05, 0) is 37.1 Å². The minimum absolute atomic E-state index is 0.325. The molecule has 0 unspecified atom stereocenters. The zero-order chi connectivity index (χ0) is 14.6. The van der Waals surface area contributed by atoms with Crippen LogP contribution >= 0.6 is 0 Å². The number of alkyl halides is 3. The molecule has 2 amide bonds. The minimum atomic E-state index is -4.37. The van der Waals surface area contributed by atoms with E-state index < -0.39 is 17.8 Å². The first-order valence-corrected chi connectivity index (χ1v) is 6.40. The third-order valence-corrected chi connectivity index (χ3v) is 2.89. The molecule has 1 saturated carbocycles. The van der Waals surface area contributed by atoms with E-state index >= 15 is 0 Å². The Bertz CT molecular complexity index is 455. The molecule has 1 aliphatic rings. The Balaban J connectivity index is 1.72. The molecule has 0 saturated heterocycles. The molecule has 1 aromatic carbocycles. The van der Waals surface area contributed by atoms with Crippen molar-refractivity contribution in [2.75, 3.05) is 18.4 Å². The van der Waals surface area contributed by atoms with Crippen LogP contribution in [-0.2, 0) is 6.18 Å². The highest BCUT2D eigenvalue weighted by Gasteiger charge is 2.29. The lowest BCUT2D eigenvalue weighted by Crippen LogP contribution is -2.35. The molecule has 0 heterocycles. The van der Waals surface area contributed by atoms with E-state index in [1.54, 1.807) is 0 Å². The van der Waals surface area contributed by atoms with Gasteiger partial charge in [-0.2, -0.15) is 13.2 Å². The number of nitrogens with one attached hydrogen (secondary N) is 3. The van der Waals surface area contributed by atoms with Crippen LogP contribution in [0.5, 0.6) is 0 Å². The molecule has 20 heavy (non-hydrogen) atoms. The van der Waals surface area contributed by atoms with Gasteiger partial charge in [0.25, 0.3) is 0 Å². The highest BCUT2D eigenvalue weighted by atomic mass is 19.4. The number of hydrogen-bond donors (Lipinski definition) is 3. The Kier molecular flexibility index (Phi) is 4.49. The molecule has 2 rings (SSSR count). The molecule has 0 aromatic heterocycles. The lowest BCUT2D eigenvalue weighted by atomic mass is 10.2. The van der Waals surface area contributed by atoms with Crippen LogP contribution < -0.4 is 16.0 Å². The maximum atomic E-state index is 12.4. The maximum Gasteiger partial charge on any atom is 0.416 e. The molecule has 1 fully saturated rings. The molecule has 3 N–H and O–H groups in total. The van der Waals surface area contributed by atoms with E-state index in [9.17, 15) is 18.0 Å². The summed E-state index contributed by atoms with van der Waals surface area (Å²) < 4.78 is 37.1. The number of hydrogen-bond acceptors (Lipinski definition) is 2. The summed E-state index contributed by atoms with van der Waals surface area (Å²) in [5.41, 5.74) is -0.414. The van der Waals surface area contributed by atoms with E-state index in [0.29, 0.717) is 24.8 Å². The van der Waals surface area contributed by atoms with E-state index in [1.165, 1.54) is 25.0 Å². The summed E-state index contributed by atoms with van der Waals surface area (Å²) >= 11 is 0. The molecular weight excluding hydrogens is 271 g/mol. The largest absolute Gasteiger partial charge is 0.416 e. The molecule has 0 spiro atoms. The first-order valence-electron chi connectivity index (χ1n) is 6.40. The second kappa shape index (κ2) is 6.13. The third-order valence-electron chi connectivity index (χ3n) is 2.89. The quantitative estimate of drug-likeness (QED) is 0.729. The zero-order valence-electron chi connectivity index (χ0n) is 10.8. The fourth-order valence-electron chi connectivity index (χ4n) is 1.66. The molecule has 0 atom stereocenters. The summed E-state index contributed by atoms with van der Waals surface area (Å²) in [4.78, 5) is 11.5. The van der Waals surface area contributed by atoms with Crippen molar-refractivity contribution >= 4 is 11.7 Å². The van der Waals surface area contributed by atoms with Crippen LogP contribution in [0.4, 0.5) is 23.7 Å². The second-order valence-corrected chi connectivity index (χ2v) is 4.68. The standard InChI is InChI=1S/C13H16F3N3O/c14-13(15,16)9-1-3-11(4-2-9)19-12(20)18-8-7-17-10-5-6-10/h1-4,10,17H,5-8H2,(H2,18,19,20). The fraction of sp³-hybridized carbons (Fsp3) is 0.462. The molecule has 0 aliphatic heterocycles. The van der Waals surface area contributed by atoms with Gasteiger partial charge in [-0.15, -0.1) is 0 Å². The van der Waals surface area contributed by atoms with Gasteiger partial charge in [0, 0.05) is 24.8 Å². The number of urea groups is 1. The van der Waals surface area contributed by atoms with Crippen LogP contribution in [0.15, 0.2) is 24.3 Å². The normalized spacial score (nSPS) is 14.9. The Morgan fingerprint density at radius 2 is 1.80 bits per heavy atom. The van der Waals surface area contributed by atoms with Gasteiger partial charge < -0.3 is 16.0 Å². The van der Waals surface area contributed by atoms with Gasteiger partial charge in [-0.1, -0.05) is 0 Å². The van der Waals surface area contributed by atoms with Crippen LogP contribution in [0.2, 0.25) is 0 Å². The lowest BCUT2D eigenvalue weighted by Gasteiger charge is -2.10. The van der Waals surface area contributed by atoms with Gasteiger partial charge >= 0.3 is 12.2 Å². The lowest BCUT2D eigenvalue weighted by molar-refractivity contribution is -0.137. The highest BCUT2D eigenvalue weighted by molar-refractivity contribution is 5.89. The number of halogens is 3. The fourth-order valence-corrected chi connectivity index (χ4v) is 1.66. The summed E-state index contributed by atoms with van der Waals surface area (Å²) in [7, 11) is 0. The van der Waals surface area contributed by atoms with Crippen molar-refractivity contribution in [3.8, 4) is 0 Å². The van der Waals surface area contributed by atoms with Crippen LogP contribution in [0.25, 0.3) is 0 Å². The van der Waals surface area contributed by atoms with Crippen LogP contribution in [0.1, 0.15) is 18.4 Å². The van der Waals surface area contributed by atoms with Gasteiger partial charge in [0.05, 0.1) is 5.56 Å². The molecule has 1 aromatic rings. The number of anilines is 1. The van der Waals surface area contributed by atoms with Crippen molar-refractivity contribution in [2.45, 2.75) is 25.1 Å². The summed E-state index contributed by atoms with van der Waals surface area (Å²) in [5.74, 6) is 0. The van der Waals surface area contributed by atoms with E-state index in [-0.39, 0.29) is 0 Å². The topological polar surface area (TPSA) is 53.2 Å². The van der Waals surface area contributed by atoms with Crippen molar-refractivity contribution in [1.82, 2.24) is 10.6 Å². The van der Waals surface area contributed by atoms with Crippen molar-refractivity contribution in [1.29, 1.82) is 0 Å². The van der Waals surface area contributed by atoms with E-state index in [0.717, 1.165) is 12.1 Å². The van der Waals surface area contributed by atoms with Crippen molar-refractivity contribution in [2.24, 2.45) is 0 Å². The van der Waals surface area contributed by atoms with Crippen molar-refractivity contribution in [3.63, 3.8) is 0 Å². The molecule has 7 heteroatoms. The van der Waals surface area contributed by atoms with Gasteiger partial charge in [0.2, 0.25) is 0 Å². The SMILES string of the molecule is O=C(NCCNC1CC1)Nc1ccc(C(F)(F)F)cc1. The molecule has 4 nitrogen and oxygen atoms in total. The summed E-state index contributed by atoms with van der Waals surface area (Å²) in [6.45, 7) is 1.16. The predicted molar refractivity (Wildman–Crippen MR) is 69.5 cm³/mol. The summed E-state index contributed by atoms with van der Waals surface area (Å²) in [6.07, 6.45) is -2.01. The van der Waals surface area contributed by atoms with Crippen LogP contribution in [0, 0.1) is 0 Å². The second-order valence-electron chi connectivity index (χ2n) is 4.68. The third kappa shape index (κ3) is 4.73. The summed E-state index contributed by atoms with van der Waals surface area (Å²) in [6, 6.07) is 4.47. The first kappa shape index (κ1) is 14.6. The Hall–Kier alpha value is -1.76. The molecular formula is C13H16F3N3O. The van der Waals surface area contributed by atoms with Crippen LogP contribution in [0.3, 0.4) is 0 Å². The van der Waals surface area contributed by atoms with E-state index in [2.05, 4.69) is 16.0 Å². The monoisotopic (exact) mass is 287 g/mol. The van der Waals surface area contributed by atoms with Gasteiger partial charge in [-0.3, -0.25) is 0 Å². The highest BCUT2D eigenvalue weighted by Crippen LogP contribution is 2.29. The Morgan fingerprint density at radius 1 is 1.15 bits per heavy atom. The first-order chi connectivity index (χ1) is 9.45. The average molecular weight is 287 g/mol. The Morgan fingerprint density at radius 3 is 2.35 bits per heavy atom. The number of carbonyl (C=O) groups excluding carboxylic acids is 1. The average Bonchev–Trinajstić information content (AvgIpc) is 3.18. The van der Waals surface area contributed by atoms with Gasteiger partial charge in [-0.25, -0.2) is 4.79 Å². The van der Waals surface area contributed by atoms with E-state index in [4.69, 9.17) is 0 Å². The number of rotatable bonds is 5. The van der Waals surface area contributed by atoms with Gasteiger partial charge in [0.1, 0.15) is 0 Å². The maximum absolute atomic E-state index is 12.4. The summed E-state index contributed by atoms with van der Waals surface area (Å²) in [5, 5.41) is 8.34.